The number of carbonyl (C=O) groups is 2. The highest BCUT2D eigenvalue weighted by Crippen LogP contribution is 2.21. The molecule has 9 heteroatoms. The highest BCUT2D eigenvalue weighted by atomic mass is 32.2. The van der Waals surface area contributed by atoms with Gasteiger partial charge in [-0.3, -0.25) is 4.79 Å². The van der Waals surface area contributed by atoms with Crippen molar-refractivity contribution < 1.29 is 22.4 Å². The van der Waals surface area contributed by atoms with Gasteiger partial charge in [-0.25, -0.2) is 21.9 Å². The number of allylic oxidation sites excluding steroid dienone is 1. The number of carbonyl (C=O) groups excluding carboxylic acids is 2. The van der Waals surface area contributed by atoms with Crippen LogP contribution in [0, 0.1) is 11.7 Å². The molecule has 2 aliphatic heterocycles. The molecule has 2 heterocycles. The highest BCUT2D eigenvalue weighted by molar-refractivity contribution is 7.92. The van der Waals surface area contributed by atoms with Crippen LogP contribution in [0.25, 0.3) is 0 Å². The predicted octanol–water partition coefficient (Wildman–Crippen LogP) is 2.70. The number of piperidine rings is 1. The first kappa shape index (κ1) is 20.1. The van der Waals surface area contributed by atoms with Crippen molar-refractivity contribution in [2.24, 2.45) is 5.92 Å². The average Bonchev–Trinajstić information content (AvgIpc) is 2.69. The fourth-order valence-corrected chi connectivity index (χ4v) is 4.38. The first-order valence-electron chi connectivity index (χ1n) is 9.08. The van der Waals surface area contributed by atoms with Crippen molar-refractivity contribution in [1.82, 2.24) is 9.21 Å². The Morgan fingerprint density at radius 1 is 1.14 bits per heavy atom. The molecule has 0 bridgehead atoms. The maximum absolute atomic E-state index is 12.9. The number of halogens is 1. The van der Waals surface area contributed by atoms with Crippen LogP contribution in [0.4, 0.5) is 14.9 Å². The molecule has 0 radical (unpaired) electrons. The lowest BCUT2D eigenvalue weighted by Crippen LogP contribution is -2.41. The molecule has 1 aromatic carbocycles. The van der Waals surface area contributed by atoms with Gasteiger partial charge in [0, 0.05) is 36.8 Å². The van der Waals surface area contributed by atoms with Crippen LogP contribution < -0.4 is 5.32 Å². The summed E-state index contributed by atoms with van der Waals surface area (Å²) in [6, 6.07) is 5.26. The van der Waals surface area contributed by atoms with Crippen molar-refractivity contribution in [1.29, 1.82) is 0 Å². The van der Waals surface area contributed by atoms with Gasteiger partial charge in [-0.05, 0) is 49.4 Å². The van der Waals surface area contributed by atoms with E-state index in [9.17, 15) is 22.4 Å². The molecule has 150 valence electrons. The Balaban J connectivity index is 1.51. The number of nitrogens with zero attached hydrogens (tertiary/aromatic N) is 2. The zero-order valence-corrected chi connectivity index (χ0v) is 16.1. The second kappa shape index (κ2) is 8.55. The molecule has 0 aromatic heterocycles. The smallest absolute Gasteiger partial charge is 0.321 e. The first-order chi connectivity index (χ1) is 13.3. The lowest BCUT2D eigenvalue weighted by molar-refractivity contribution is -0.121. The van der Waals surface area contributed by atoms with Gasteiger partial charge in [-0.2, -0.15) is 0 Å². The summed E-state index contributed by atoms with van der Waals surface area (Å²) in [7, 11) is -3.78. The van der Waals surface area contributed by atoms with E-state index in [2.05, 4.69) is 5.32 Å². The Hall–Kier alpha value is -2.68. The van der Waals surface area contributed by atoms with E-state index in [0.717, 1.165) is 9.71 Å². The third-order valence-corrected chi connectivity index (χ3v) is 6.24. The van der Waals surface area contributed by atoms with Crippen LogP contribution in [-0.4, -0.2) is 49.2 Å². The predicted molar refractivity (Wildman–Crippen MR) is 103 cm³/mol. The van der Waals surface area contributed by atoms with E-state index in [1.165, 1.54) is 30.3 Å². The summed E-state index contributed by atoms with van der Waals surface area (Å²) in [5.41, 5.74) is 0.514. The molecule has 1 N–H and O–H groups in total. The van der Waals surface area contributed by atoms with Gasteiger partial charge >= 0.3 is 6.03 Å². The van der Waals surface area contributed by atoms with Gasteiger partial charge in [0.15, 0.2) is 0 Å². The molecule has 7 nitrogen and oxygen atoms in total. The Morgan fingerprint density at radius 3 is 2.46 bits per heavy atom. The van der Waals surface area contributed by atoms with Gasteiger partial charge in [0.05, 0.1) is 0 Å². The quantitative estimate of drug-likeness (QED) is 0.831. The molecule has 1 saturated heterocycles. The molecule has 1 aromatic rings. The van der Waals surface area contributed by atoms with Crippen molar-refractivity contribution in [3.05, 3.63) is 53.7 Å². The summed E-state index contributed by atoms with van der Waals surface area (Å²) in [5.74, 6) is -0.883. The monoisotopic (exact) mass is 407 g/mol. The van der Waals surface area contributed by atoms with Gasteiger partial charge < -0.3 is 10.2 Å². The van der Waals surface area contributed by atoms with Gasteiger partial charge in [0.25, 0.3) is 15.9 Å². The molecule has 3 rings (SSSR count). The Labute approximate surface area is 163 Å². The van der Waals surface area contributed by atoms with Crippen LogP contribution >= 0.6 is 0 Å². The largest absolute Gasteiger partial charge is 0.324 e. The Kier molecular flexibility index (Phi) is 6.13. The summed E-state index contributed by atoms with van der Waals surface area (Å²) in [6.45, 7) is 1.12. The fourth-order valence-electron chi connectivity index (χ4n) is 3.14. The van der Waals surface area contributed by atoms with Crippen LogP contribution in [0.2, 0.25) is 0 Å². The summed E-state index contributed by atoms with van der Waals surface area (Å²) in [6.07, 6.45) is 6.29. The Morgan fingerprint density at radius 2 is 1.82 bits per heavy atom. The number of sulfonamides is 1. The summed E-state index contributed by atoms with van der Waals surface area (Å²) in [4.78, 5) is 25.6. The van der Waals surface area contributed by atoms with E-state index in [-0.39, 0.29) is 24.3 Å². The summed E-state index contributed by atoms with van der Waals surface area (Å²) in [5, 5.41) is 3.81. The number of anilines is 1. The van der Waals surface area contributed by atoms with Gasteiger partial charge in [-0.1, -0.05) is 12.2 Å². The molecular weight excluding hydrogens is 385 g/mol. The minimum Gasteiger partial charge on any atom is -0.324 e. The maximum Gasteiger partial charge on any atom is 0.321 e. The minimum atomic E-state index is -3.78. The van der Waals surface area contributed by atoms with Crippen molar-refractivity contribution in [2.75, 3.05) is 25.0 Å². The van der Waals surface area contributed by atoms with Crippen LogP contribution in [0.3, 0.4) is 0 Å². The number of rotatable bonds is 4. The van der Waals surface area contributed by atoms with Crippen molar-refractivity contribution in [3.63, 3.8) is 0 Å². The van der Waals surface area contributed by atoms with Crippen LogP contribution in [0.5, 0.6) is 0 Å². The lowest BCUT2D eigenvalue weighted by atomic mass is 9.97. The number of benzene rings is 1. The van der Waals surface area contributed by atoms with Gasteiger partial charge in [0.2, 0.25) is 0 Å². The standard InChI is InChI=1S/C19H22FN3O4S/c20-16-4-6-17(7-5-16)21-19(25)22-12-8-15(9-13-22)10-14-28(26,27)23-11-2-1-3-18(23)24/h1,3-7,10,14-15H,2,8-9,11-13H2,(H,21,25). The van der Waals surface area contributed by atoms with Gasteiger partial charge in [-0.15, -0.1) is 0 Å². The molecular formula is C19H22FN3O4S. The average molecular weight is 407 g/mol. The number of hydrogen-bond donors (Lipinski definition) is 1. The van der Waals surface area contributed by atoms with Crippen LogP contribution in [0.15, 0.2) is 47.9 Å². The minimum absolute atomic E-state index is 0.0140. The zero-order valence-electron chi connectivity index (χ0n) is 15.3. The molecule has 28 heavy (non-hydrogen) atoms. The highest BCUT2D eigenvalue weighted by Gasteiger charge is 2.26. The van der Waals surface area contributed by atoms with E-state index in [1.54, 1.807) is 17.1 Å². The molecule has 0 atom stereocenters. The van der Waals surface area contributed by atoms with Crippen molar-refractivity contribution in [2.45, 2.75) is 19.3 Å². The Bertz CT molecular complexity index is 888. The van der Waals surface area contributed by atoms with E-state index < -0.39 is 15.9 Å². The van der Waals surface area contributed by atoms with Crippen molar-refractivity contribution in [3.8, 4) is 0 Å². The first-order valence-corrected chi connectivity index (χ1v) is 10.6. The second-order valence-corrected chi connectivity index (χ2v) is 8.48. The third-order valence-electron chi connectivity index (χ3n) is 4.76. The summed E-state index contributed by atoms with van der Waals surface area (Å²) < 4.78 is 38.4. The number of likely N-dealkylation sites (tertiary alicyclic amines) is 1. The molecule has 2 aliphatic rings. The number of urea groups is 1. The van der Waals surface area contributed by atoms with Crippen molar-refractivity contribution >= 4 is 27.6 Å². The SMILES string of the molecule is O=C(Nc1ccc(F)cc1)N1CCC(C=CS(=O)(=O)N2CCC=CC2=O)CC1. The molecule has 0 aliphatic carbocycles. The molecule has 0 unspecified atom stereocenters. The number of nitrogens with one attached hydrogen (secondary N) is 1. The lowest BCUT2D eigenvalue weighted by Gasteiger charge is -2.31. The molecule has 0 saturated carbocycles. The van der Waals surface area contributed by atoms with E-state index in [1.807, 2.05) is 0 Å². The molecule has 3 amide bonds. The maximum atomic E-state index is 12.9. The van der Waals surface area contributed by atoms with Crippen LogP contribution in [-0.2, 0) is 14.8 Å². The van der Waals surface area contributed by atoms with Crippen LogP contribution in [0.1, 0.15) is 19.3 Å². The van der Waals surface area contributed by atoms with E-state index >= 15 is 0 Å². The topological polar surface area (TPSA) is 86.8 Å². The van der Waals surface area contributed by atoms with Gasteiger partial charge in [0.1, 0.15) is 5.82 Å². The van der Waals surface area contributed by atoms with E-state index in [4.69, 9.17) is 0 Å². The second-order valence-electron chi connectivity index (χ2n) is 6.74. The molecule has 1 fully saturated rings. The van der Waals surface area contributed by atoms with E-state index in [0.29, 0.717) is 38.0 Å². The number of hydrogen-bond acceptors (Lipinski definition) is 4. The number of amides is 3. The molecule has 0 spiro atoms. The summed E-state index contributed by atoms with van der Waals surface area (Å²) >= 11 is 0. The fraction of sp³-hybridized carbons (Fsp3) is 0.368. The normalized spacial score (nSPS) is 18.7. The zero-order chi connectivity index (χ0) is 20.1. The third kappa shape index (κ3) is 4.98.